The minimum Gasteiger partial charge on any atom is -0.496 e. The Morgan fingerprint density at radius 3 is 2.62 bits per heavy atom. The van der Waals surface area contributed by atoms with Crippen molar-refractivity contribution in [3.05, 3.63) is 70.8 Å². The van der Waals surface area contributed by atoms with Gasteiger partial charge in [-0.15, -0.1) is 0 Å². The monoisotopic (exact) mass is 390 g/mol. The maximum Gasteiger partial charge on any atom is 0.130 e. The van der Waals surface area contributed by atoms with Crippen molar-refractivity contribution in [1.29, 1.82) is 0 Å². The summed E-state index contributed by atoms with van der Waals surface area (Å²) < 4.78 is 5.49. The second-order valence-corrected chi connectivity index (χ2v) is 7.59. The van der Waals surface area contributed by atoms with E-state index >= 15 is 0 Å². The van der Waals surface area contributed by atoms with Gasteiger partial charge in [-0.3, -0.25) is 0 Å². The van der Waals surface area contributed by atoms with Crippen LogP contribution in [0.1, 0.15) is 68.4 Å². The number of ketones is 1. The summed E-state index contributed by atoms with van der Waals surface area (Å²) in [5.74, 6) is 1.59. The molecule has 0 saturated heterocycles. The van der Waals surface area contributed by atoms with E-state index in [4.69, 9.17) is 4.74 Å². The van der Waals surface area contributed by atoms with E-state index in [-0.39, 0.29) is 5.78 Å². The van der Waals surface area contributed by atoms with Crippen LogP contribution in [0.5, 0.6) is 5.75 Å². The number of carbonyl (C=O) groups excluding carboxylic acids is 1. The summed E-state index contributed by atoms with van der Waals surface area (Å²) in [7, 11) is 1.70. The van der Waals surface area contributed by atoms with Gasteiger partial charge in [-0.1, -0.05) is 69.8 Å². The normalized spacial score (nSPS) is 12.9. The number of Topliss-reactive ketones (excluding diaryl/α,β-unsaturated/α-hetero) is 1. The van der Waals surface area contributed by atoms with Gasteiger partial charge in [0.1, 0.15) is 11.5 Å². The van der Waals surface area contributed by atoms with Crippen LogP contribution < -0.4 is 4.74 Å². The predicted octanol–water partition coefficient (Wildman–Crippen LogP) is 7.01. The fourth-order valence-electron chi connectivity index (χ4n) is 3.82. The summed E-state index contributed by atoms with van der Waals surface area (Å²) in [5, 5.41) is 0. The zero-order valence-corrected chi connectivity index (χ0v) is 18.5. The molecule has 0 spiro atoms. The number of carbonyl (C=O) groups is 1. The summed E-state index contributed by atoms with van der Waals surface area (Å²) in [5.41, 5.74) is 7.58. The molecular weight excluding hydrogens is 356 g/mol. The van der Waals surface area contributed by atoms with Crippen molar-refractivity contribution in [3.8, 4) is 5.75 Å². The largest absolute Gasteiger partial charge is 0.496 e. The first kappa shape index (κ1) is 22.7. The maximum atomic E-state index is 11.3. The SMILES string of the molecule is C=Cc1ccc(C2=Cc3ccc(CC[C@H](C)CC(C)=O)cc3C2)cc1OC.CC. The Kier molecular flexibility index (Phi) is 8.45. The standard InChI is InChI=1S/C25H28O2.C2H6/c1-5-20-10-11-22(16-25(20)27-4)24-14-21-9-8-19(13-23(21)15-24)7-6-17(2)12-18(3)26;1-2/h5,8-11,13-14,16-17H,1,6-7,12,15H2,2-4H3;1-2H3/t17-;/m0./s1. The Morgan fingerprint density at radius 2 is 1.97 bits per heavy atom. The third-order valence-corrected chi connectivity index (χ3v) is 5.30. The Hall–Kier alpha value is -2.61. The molecule has 0 radical (unpaired) electrons. The number of methoxy groups -OCH3 is 1. The molecule has 0 saturated carbocycles. The highest BCUT2D eigenvalue weighted by Gasteiger charge is 2.16. The second-order valence-electron chi connectivity index (χ2n) is 7.59. The van der Waals surface area contributed by atoms with Gasteiger partial charge in [0, 0.05) is 12.0 Å². The van der Waals surface area contributed by atoms with Crippen LogP contribution in [-0.2, 0) is 17.6 Å². The van der Waals surface area contributed by atoms with Crippen LogP contribution in [0, 0.1) is 5.92 Å². The summed E-state index contributed by atoms with van der Waals surface area (Å²) in [4.78, 5) is 11.3. The van der Waals surface area contributed by atoms with Gasteiger partial charge in [0.15, 0.2) is 0 Å². The van der Waals surface area contributed by atoms with Gasteiger partial charge in [-0.05, 0) is 66.0 Å². The molecule has 0 aliphatic heterocycles. The van der Waals surface area contributed by atoms with Crippen molar-refractivity contribution >= 4 is 23.5 Å². The van der Waals surface area contributed by atoms with E-state index in [1.54, 1.807) is 14.0 Å². The number of fused-ring (bicyclic) bond motifs is 1. The van der Waals surface area contributed by atoms with Crippen LogP contribution in [0.25, 0.3) is 17.7 Å². The first-order valence-electron chi connectivity index (χ1n) is 10.6. The lowest BCUT2D eigenvalue weighted by Crippen LogP contribution is -2.03. The van der Waals surface area contributed by atoms with Crippen molar-refractivity contribution in [2.24, 2.45) is 5.92 Å². The topological polar surface area (TPSA) is 26.3 Å². The molecule has 2 heteroatoms. The number of hydrogen-bond donors (Lipinski definition) is 0. The molecule has 29 heavy (non-hydrogen) atoms. The first-order chi connectivity index (χ1) is 14.0. The highest BCUT2D eigenvalue weighted by molar-refractivity contribution is 5.89. The summed E-state index contributed by atoms with van der Waals surface area (Å²) in [6, 6.07) is 13.1. The molecule has 1 aliphatic rings. The van der Waals surface area contributed by atoms with Gasteiger partial charge in [0.05, 0.1) is 7.11 Å². The molecule has 0 N–H and O–H groups in total. The average Bonchev–Trinajstić information content (AvgIpc) is 3.16. The summed E-state index contributed by atoms with van der Waals surface area (Å²) in [6.07, 6.45) is 7.80. The molecule has 1 aliphatic carbocycles. The number of ether oxygens (including phenoxy) is 1. The molecule has 0 bridgehead atoms. The molecule has 0 unspecified atom stereocenters. The average molecular weight is 391 g/mol. The lowest BCUT2D eigenvalue weighted by molar-refractivity contribution is -0.117. The van der Waals surface area contributed by atoms with Gasteiger partial charge < -0.3 is 9.53 Å². The van der Waals surface area contributed by atoms with E-state index in [0.717, 1.165) is 30.6 Å². The van der Waals surface area contributed by atoms with Crippen molar-refractivity contribution in [3.63, 3.8) is 0 Å². The lowest BCUT2D eigenvalue weighted by atomic mass is 9.95. The summed E-state index contributed by atoms with van der Waals surface area (Å²) in [6.45, 7) is 11.7. The number of aryl methyl sites for hydroxylation is 1. The van der Waals surface area contributed by atoms with Crippen molar-refractivity contribution in [2.75, 3.05) is 7.11 Å². The van der Waals surface area contributed by atoms with E-state index in [1.807, 2.05) is 19.9 Å². The maximum absolute atomic E-state index is 11.3. The highest BCUT2D eigenvalue weighted by Crippen LogP contribution is 2.34. The van der Waals surface area contributed by atoms with Gasteiger partial charge in [0.25, 0.3) is 0 Å². The third-order valence-electron chi connectivity index (χ3n) is 5.30. The fraction of sp³-hybridized carbons (Fsp3) is 0.370. The number of benzene rings is 2. The van der Waals surface area contributed by atoms with E-state index in [1.165, 1.54) is 27.8 Å². The van der Waals surface area contributed by atoms with Crippen LogP contribution in [0.3, 0.4) is 0 Å². The van der Waals surface area contributed by atoms with E-state index < -0.39 is 0 Å². The minimum absolute atomic E-state index is 0.281. The molecule has 2 aromatic carbocycles. The van der Waals surface area contributed by atoms with E-state index in [2.05, 4.69) is 56.0 Å². The second kappa shape index (κ2) is 10.8. The van der Waals surface area contributed by atoms with E-state index in [0.29, 0.717) is 12.3 Å². The van der Waals surface area contributed by atoms with Crippen LogP contribution >= 0.6 is 0 Å². The molecule has 0 heterocycles. The van der Waals surface area contributed by atoms with Crippen molar-refractivity contribution in [1.82, 2.24) is 0 Å². The molecule has 0 fully saturated rings. The number of hydrogen-bond acceptors (Lipinski definition) is 2. The molecule has 2 aromatic rings. The predicted molar refractivity (Wildman–Crippen MR) is 125 cm³/mol. The Balaban J connectivity index is 0.00000145. The quantitative estimate of drug-likeness (QED) is 0.484. The third kappa shape index (κ3) is 5.93. The number of rotatable bonds is 8. The van der Waals surface area contributed by atoms with Crippen LogP contribution in [-0.4, -0.2) is 12.9 Å². The van der Waals surface area contributed by atoms with Crippen LogP contribution in [0.15, 0.2) is 43.0 Å². The molecule has 154 valence electrons. The van der Waals surface area contributed by atoms with Crippen molar-refractivity contribution < 1.29 is 9.53 Å². The molecule has 3 rings (SSSR count). The minimum atomic E-state index is 0.281. The van der Waals surface area contributed by atoms with Crippen LogP contribution in [0.4, 0.5) is 0 Å². The Morgan fingerprint density at radius 1 is 1.21 bits per heavy atom. The molecule has 2 nitrogen and oxygen atoms in total. The number of allylic oxidation sites excluding steroid dienone is 1. The van der Waals surface area contributed by atoms with Gasteiger partial charge in [-0.25, -0.2) is 0 Å². The van der Waals surface area contributed by atoms with Gasteiger partial charge >= 0.3 is 0 Å². The van der Waals surface area contributed by atoms with Crippen LogP contribution in [0.2, 0.25) is 0 Å². The first-order valence-corrected chi connectivity index (χ1v) is 10.6. The van der Waals surface area contributed by atoms with Gasteiger partial charge in [0.2, 0.25) is 0 Å². The molecule has 1 atom stereocenters. The van der Waals surface area contributed by atoms with Crippen molar-refractivity contribution in [2.45, 2.75) is 53.4 Å². The van der Waals surface area contributed by atoms with Gasteiger partial charge in [-0.2, -0.15) is 0 Å². The zero-order valence-electron chi connectivity index (χ0n) is 18.5. The zero-order chi connectivity index (χ0) is 21.4. The Bertz CT molecular complexity index is 889. The molecule has 0 aromatic heterocycles. The fourth-order valence-corrected chi connectivity index (χ4v) is 3.82. The smallest absolute Gasteiger partial charge is 0.130 e. The summed E-state index contributed by atoms with van der Waals surface area (Å²) >= 11 is 0. The van der Waals surface area contributed by atoms with E-state index in [9.17, 15) is 4.79 Å². The molecule has 0 amide bonds. The Labute approximate surface area is 176 Å². The molecular formula is C27H34O2. The highest BCUT2D eigenvalue weighted by atomic mass is 16.5. The lowest BCUT2D eigenvalue weighted by Gasteiger charge is -2.10.